The fourth-order valence-corrected chi connectivity index (χ4v) is 4.36. The van der Waals surface area contributed by atoms with Crippen molar-refractivity contribution in [3.05, 3.63) is 69.2 Å². The number of aliphatic hydroxyl groups is 1. The number of rotatable bonds is 8. The Labute approximate surface area is 181 Å². The van der Waals surface area contributed by atoms with Gasteiger partial charge in [0.2, 0.25) is 0 Å². The molecule has 1 fully saturated rings. The van der Waals surface area contributed by atoms with Gasteiger partial charge < -0.3 is 9.84 Å². The molecule has 1 saturated heterocycles. The van der Waals surface area contributed by atoms with Crippen molar-refractivity contribution in [1.29, 1.82) is 0 Å². The lowest BCUT2D eigenvalue weighted by molar-refractivity contribution is -0.0293. The summed E-state index contributed by atoms with van der Waals surface area (Å²) >= 11 is 9.66. The summed E-state index contributed by atoms with van der Waals surface area (Å²) in [5.41, 5.74) is 1.15. The summed E-state index contributed by atoms with van der Waals surface area (Å²) < 4.78 is 6.54. The first-order valence-electron chi connectivity index (χ1n) is 10.1. The zero-order valence-electron chi connectivity index (χ0n) is 16.4. The maximum atomic E-state index is 12.1. The van der Waals surface area contributed by atoms with E-state index in [1.54, 1.807) is 0 Å². The number of halogens is 2. The molecule has 3 rings (SSSR count). The molecule has 0 radical (unpaired) electrons. The van der Waals surface area contributed by atoms with Gasteiger partial charge in [0.25, 0.3) is 0 Å². The molecule has 0 bridgehead atoms. The van der Waals surface area contributed by atoms with Crippen LogP contribution in [0.1, 0.15) is 43.2 Å². The Morgan fingerprint density at radius 2 is 1.75 bits per heavy atom. The van der Waals surface area contributed by atoms with Crippen LogP contribution in [0.5, 0.6) is 0 Å². The van der Waals surface area contributed by atoms with E-state index in [9.17, 15) is 5.11 Å². The summed E-state index contributed by atoms with van der Waals surface area (Å²) in [6, 6.07) is 16.1. The molecule has 0 amide bonds. The van der Waals surface area contributed by atoms with E-state index in [1.165, 1.54) is 0 Å². The number of nitrogens with zero attached hydrogens (tertiary/aromatic N) is 1. The molecule has 1 N–H and O–H groups in total. The third kappa shape index (κ3) is 5.37. The summed E-state index contributed by atoms with van der Waals surface area (Å²) in [7, 11) is 0. The van der Waals surface area contributed by atoms with Gasteiger partial charge in [0.1, 0.15) is 0 Å². The smallest absolute Gasteiger partial charge is 0.0977 e. The van der Waals surface area contributed by atoms with Crippen molar-refractivity contribution in [3.8, 4) is 0 Å². The van der Waals surface area contributed by atoms with Crippen molar-refractivity contribution in [2.24, 2.45) is 0 Å². The van der Waals surface area contributed by atoms with Crippen molar-refractivity contribution in [2.45, 2.75) is 37.7 Å². The van der Waals surface area contributed by atoms with E-state index >= 15 is 0 Å². The number of hydrogen-bond donors (Lipinski definition) is 1. The van der Waals surface area contributed by atoms with Crippen LogP contribution in [0, 0.1) is 0 Å². The third-order valence-electron chi connectivity index (χ3n) is 5.65. The van der Waals surface area contributed by atoms with Crippen LogP contribution < -0.4 is 0 Å². The molecule has 0 aromatic heterocycles. The molecule has 1 aliphatic rings. The van der Waals surface area contributed by atoms with Crippen LogP contribution in [0.3, 0.4) is 0 Å². The molecule has 1 aliphatic heterocycles. The molecule has 0 unspecified atom stereocenters. The Kier molecular flexibility index (Phi) is 7.95. The summed E-state index contributed by atoms with van der Waals surface area (Å²) in [6.07, 6.45) is 2.74. The van der Waals surface area contributed by atoms with E-state index in [-0.39, 0.29) is 5.92 Å². The fraction of sp³-hybridized carbons (Fsp3) is 0.478. The first-order valence-corrected chi connectivity index (χ1v) is 11.2. The van der Waals surface area contributed by atoms with Crippen LogP contribution in [0.15, 0.2) is 53.0 Å². The molecule has 3 nitrogen and oxygen atoms in total. The number of hydrogen-bond acceptors (Lipinski definition) is 3. The topological polar surface area (TPSA) is 32.7 Å². The molecule has 1 heterocycles. The van der Waals surface area contributed by atoms with Gasteiger partial charge in [-0.3, -0.25) is 4.90 Å². The van der Waals surface area contributed by atoms with Gasteiger partial charge in [0, 0.05) is 35.0 Å². The van der Waals surface area contributed by atoms with Crippen molar-refractivity contribution in [2.75, 3.05) is 32.8 Å². The molecule has 5 heteroatoms. The molecular weight excluding hydrogens is 438 g/mol. The summed E-state index contributed by atoms with van der Waals surface area (Å²) in [5, 5.41) is 12.8. The minimum absolute atomic E-state index is 0.0457. The highest BCUT2D eigenvalue weighted by Gasteiger charge is 2.40. The molecule has 2 aromatic carbocycles. The Bertz CT molecular complexity index is 731. The zero-order valence-corrected chi connectivity index (χ0v) is 18.8. The van der Waals surface area contributed by atoms with Gasteiger partial charge >= 0.3 is 0 Å². The number of morpholine rings is 1. The highest BCUT2D eigenvalue weighted by molar-refractivity contribution is 9.10. The van der Waals surface area contributed by atoms with Gasteiger partial charge in [-0.05, 0) is 41.8 Å². The van der Waals surface area contributed by atoms with E-state index in [4.69, 9.17) is 16.3 Å². The second-order valence-corrected chi connectivity index (χ2v) is 8.90. The molecular formula is C23H29BrClNO2. The molecule has 2 atom stereocenters. The summed E-state index contributed by atoms with van der Waals surface area (Å²) in [4.78, 5) is 2.40. The number of benzene rings is 2. The molecule has 0 spiro atoms. The second-order valence-electron chi connectivity index (χ2n) is 7.55. The molecule has 0 aliphatic carbocycles. The third-order valence-corrected chi connectivity index (χ3v) is 6.43. The Balaban J connectivity index is 2.00. The van der Waals surface area contributed by atoms with E-state index in [2.05, 4.69) is 39.9 Å². The lowest BCUT2D eigenvalue weighted by Gasteiger charge is -2.41. The molecule has 2 aromatic rings. The van der Waals surface area contributed by atoms with Gasteiger partial charge in [0.15, 0.2) is 0 Å². The van der Waals surface area contributed by atoms with Crippen LogP contribution in [-0.2, 0) is 10.3 Å². The van der Waals surface area contributed by atoms with Crippen LogP contribution >= 0.6 is 27.5 Å². The van der Waals surface area contributed by atoms with Crippen molar-refractivity contribution < 1.29 is 9.84 Å². The fourth-order valence-electron chi connectivity index (χ4n) is 3.97. The zero-order chi connectivity index (χ0) is 20.0. The lowest BCUT2D eigenvalue weighted by Crippen LogP contribution is -2.45. The number of ether oxygens (including phenoxy) is 1. The minimum Gasteiger partial charge on any atom is -0.384 e. The van der Waals surface area contributed by atoms with Gasteiger partial charge in [-0.2, -0.15) is 0 Å². The first-order chi connectivity index (χ1) is 13.5. The molecule has 0 saturated carbocycles. The average molecular weight is 467 g/mol. The maximum Gasteiger partial charge on any atom is 0.0977 e. The van der Waals surface area contributed by atoms with Crippen molar-refractivity contribution in [3.63, 3.8) is 0 Å². The largest absolute Gasteiger partial charge is 0.384 e. The van der Waals surface area contributed by atoms with E-state index < -0.39 is 5.60 Å². The van der Waals surface area contributed by atoms with E-state index in [0.717, 1.165) is 72.7 Å². The van der Waals surface area contributed by atoms with Crippen LogP contribution in [0.2, 0.25) is 5.02 Å². The molecule has 28 heavy (non-hydrogen) atoms. The van der Waals surface area contributed by atoms with E-state index in [1.807, 2.05) is 36.4 Å². The van der Waals surface area contributed by atoms with Crippen molar-refractivity contribution in [1.82, 2.24) is 4.90 Å². The number of unbranched alkanes of at least 4 members (excludes halogenated alkanes) is 1. The Morgan fingerprint density at radius 3 is 2.36 bits per heavy atom. The highest BCUT2D eigenvalue weighted by atomic mass is 79.9. The van der Waals surface area contributed by atoms with Crippen LogP contribution in [0.25, 0.3) is 0 Å². The quantitative estimate of drug-likeness (QED) is 0.550. The summed E-state index contributed by atoms with van der Waals surface area (Å²) in [6.45, 7) is 6.25. The molecule has 152 valence electrons. The highest BCUT2D eigenvalue weighted by Crippen LogP contribution is 2.42. The van der Waals surface area contributed by atoms with Gasteiger partial charge in [-0.25, -0.2) is 0 Å². The van der Waals surface area contributed by atoms with Crippen LogP contribution in [-0.4, -0.2) is 42.9 Å². The second kappa shape index (κ2) is 10.2. The van der Waals surface area contributed by atoms with Gasteiger partial charge in [-0.15, -0.1) is 0 Å². The van der Waals surface area contributed by atoms with Crippen molar-refractivity contribution >= 4 is 27.5 Å². The SMILES string of the molecule is CCCC[C@](O)(c1ccc(Br)cc1)[C@@H](CN1CCOCC1)c1ccc(Cl)cc1. The van der Waals surface area contributed by atoms with Crippen LogP contribution in [0.4, 0.5) is 0 Å². The first kappa shape index (κ1) is 21.8. The predicted molar refractivity (Wildman–Crippen MR) is 119 cm³/mol. The monoisotopic (exact) mass is 465 g/mol. The Hall–Kier alpha value is -0.910. The van der Waals surface area contributed by atoms with E-state index in [0.29, 0.717) is 0 Å². The maximum absolute atomic E-state index is 12.1. The standard InChI is InChI=1S/C23H29BrClNO2/c1-2-3-12-23(27,19-6-8-20(24)9-7-19)22(17-26-13-15-28-16-14-26)18-4-10-21(25)11-5-18/h4-11,22,27H,2-3,12-17H2,1H3/t22-,23-/m0/s1. The summed E-state index contributed by atoms with van der Waals surface area (Å²) in [5.74, 6) is -0.0457. The van der Waals surface area contributed by atoms with Gasteiger partial charge in [-0.1, -0.05) is 71.6 Å². The van der Waals surface area contributed by atoms with Gasteiger partial charge in [0.05, 0.1) is 18.8 Å². The lowest BCUT2D eigenvalue weighted by atomic mass is 9.74. The average Bonchev–Trinajstić information content (AvgIpc) is 2.72. The Morgan fingerprint density at radius 1 is 1.11 bits per heavy atom. The normalized spacial score (nSPS) is 18.6. The predicted octanol–water partition coefficient (Wildman–Crippen LogP) is 5.60. The minimum atomic E-state index is -0.942.